The van der Waals surface area contributed by atoms with E-state index in [2.05, 4.69) is 33.8 Å². The van der Waals surface area contributed by atoms with Crippen molar-refractivity contribution < 1.29 is 14.3 Å². The van der Waals surface area contributed by atoms with Crippen molar-refractivity contribution in [1.29, 1.82) is 0 Å². The molecule has 4 rings (SSSR count). The summed E-state index contributed by atoms with van der Waals surface area (Å²) in [5.41, 5.74) is 1.74. The number of ketones is 1. The van der Waals surface area contributed by atoms with Crippen molar-refractivity contribution >= 4 is 11.8 Å². The Morgan fingerprint density at radius 2 is 1.79 bits per heavy atom. The quantitative estimate of drug-likeness (QED) is 0.450. The summed E-state index contributed by atoms with van der Waals surface area (Å²) in [4.78, 5) is 24.2. The Bertz CT molecular complexity index is 723. The van der Waals surface area contributed by atoms with Crippen LogP contribution in [0.25, 0.3) is 0 Å². The normalized spacial score (nSPS) is 50.1. The molecule has 0 radical (unpaired) electrons. The minimum absolute atomic E-state index is 0.0646. The third-order valence-corrected chi connectivity index (χ3v) is 10.3. The Morgan fingerprint density at radius 1 is 1.07 bits per heavy atom. The van der Waals surface area contributed by atoms with E-state index >= 15 is 0 Å². The molecule has 28 heavy (non-hydrogen) atoms. The largest absolute Gasteiger partial charge is 0.462 e. The lowest BCUT2D eigenvalue weighted by molar-refractivity contribution is -0.150. The molecule has 4 aliphatic rings. The van der Waals surface area contributed by atoms with Gasteiger partial charge in [0, 0.05) is 18.8 Å². The van der Waals surface area contributed by atoms with Crippen LogP contribution in [-0.2, 0) is 14.3 Å². The van der Waals surface area contributed by atoms with Gasteiger partial charge in [-0.25, -0.2) is 0 Å². The molecule has 0 aromatic heterocycles. The monoisotopic (exact) mass is 386 g/mol. The molecule has 4 aliphatic carbocycles. The van der Waals surface area contributed by atoms with E-state index < -0.39 is 0 Å². The molecule has 3 saturated carbocycles. The van der Waals surface area contributed by atoms with Crippen LogP contribution in [0.1, 0.15) is 86.5 Å². The van der Waals surface area contributed by atoms with Crippen molar-refractivity contribution in [2.75, 3.05) is 0 Å². The Balaban J connectivity index is 1.64. The molecule has 0 spiro atoms. The molecule has 0 amide bonds. The maximum absolute atomic E-state index is 12.8. The van der Waals surface area contributed by atoms with Crippen molar-refractivity contribution in [1.82, 2.24) is 0 Å². The van der Waals surface area contributed by atoms with E-state index in [0.717, 1.165) is 25.7 Å². The summed E-state index contributed by atoms with van der Waals surface area (Å²) < 4.78 is 5.56. The summed E-state index contributed by atoms with van der Waals surface area (Å²) in [5.74, 6) is 2.77. The molecule has 0 aromatic rings. The number of hydrogen-bond donors (Lipinski definition) is 0. The molecule has 3 heteroatoms. The van der Waals surface area contributed by atoms with E-state index in [4.69, 9.17) is 4.74 Å². The summed E-state index contributed by atoms with van der Waals surface area (Å²) in [6.07, 6.45) is 10.3. The third-order valence-electron chi connectivity index (χ3n) is 10.3. The first-order valence-electron chi connectivity index (χ1n) is 11.4. The number of rotatable bonds is 2. The van der Waals surface area contributed by atoms with Crippen LogP contribution in [-0.4, -0.2) is 17.9 Å². The highest BCUT2D eigenvalue weighted by molar-refractivity contribution is 5.83. The van der Waals surface area contributed by atoms with Crippen molar-refractivity contribution in [3.63, 3.8) is 0 Å². The second-order valence-corrected chi connectivity index (χ2v) is 11.1. The fourth-order valence-electron chi connectivity index (χ4n) is 8.29. The summed E-state index contributed by atoms with van der Waals surface area (Å²) in [6.45, 7) is 12.8. The Hall–Kier alpha value is -1.12. The van der Waals surface area contributed by atoms with Crippen LogP contribution in [0, 0.1) is 39.9 Å². The zero-order chi connectivity index (χ0) is 20.5. The van der Waals surface area contributed by atoms with Crippen LogP contribution in [0.4, 0.5) is 0 Å². The van der Waals surface area contributed by atoms with E-state index in [9.17, 15) is 9.59 Å². The molecular formula is C25H38O3. The maximum Gasteiger partial charge on any atom is 0.302 e. The van der Waals surface area contributed by atoms with Gasteiger partial charge in [0.25, 0.3) is 0 Å². The molecule has 0 N–H and O–H groups in total. The van der Waals surface area contributed by atoms with Crippen LogP contribution in [0.3, 0.4) is 0 Å². The van der Waals surface area contributed by atoms with Crippen LogP contribution in [0.5, 0.6) is 0 Å². The molecule has 0 aliphatic heterocycles. The summed E-state index contributed by atoms with van der Waals surface area (Å²) in [6, 6.07) is 0. The van der Waals surface area contributed by atoms with E-state index in [1.54, 1.807) is 0 Å². The summed E-state index contributed by atoms with van der Waals surface area (Å²) in [5, 5.41) is 0. The second-order valence-electron chi connectivity index (χ2n) is 11.1. The molecular weight excluding hydrogens is 348 g/mol. The van der Waals surface area contributed by atoms with Gasteiger partial charge in [0.15, 0.2) is 0 Å². The summed E-state index contributed by atoms with van der Waals surface area (Å²) >= 11 is 0. The number of esters is 1. The second kappa shape index (κ2) is 6.44. The molecule has 0 unspecified atom stereocenters. The Kier molecular flexibility index (Phi) is 4.64. The smallest absolute Gasteiger partial charge is 0.302 e. The SMILES string of the molecule is CC(=O)O[C@@H]1CC[C@]2(C)C(=CC[C@H]3[C@H]4C[C@@H](C)[C@](C)(C(C)=O)[C@]4(C)CC[C@@H]32)C1. The summed E-state index contributed by atoms with van der Waals surface area (Å²) in [7, 11) is 0. The van der Waals surface area contributed by atoms with Crippen molar-refractivity contribution in [3.05, 3.63) is 11.6 Å². The van der Waals surface area contributed by atoms with Gasteiger partial charge in [0.1, 0.15) is 11.9 Å². The predicted octanol–water partition coefficient (Wildman–Crippen LogP) is 5.72. The molecule has 0 aromatic carbocycles. The number of allylic oxidation sites excluding steroid dienone is 1. The highest BCUT2D eigenvalue weighted by Gasteiger charge is 2.66. The third kappa shape index (κ3) is 2.53. The van der Waals surface area contributed by atoms with Crippen LogP contribution in [0.15, 0.2) is 11.6 Å². The first kappa shape index (κ1) is 20.2. The van der Waals surface area contributed by atoms with Crippen molar-refractivity contribution in [2.24, 2.45) is 39.9 Å². The average Bonchev–Trinajstić information content (AvgIpc) is 2.83. The minimum atomic E-state index is -0.180. The number of Topliss-reactive ketones (excluding diaryl/α,β-unsaturated/α-hetero) is 1. The Labute approximate surface area is 170 Å². The predicted molar refractivity (Wildman–Crippen MR) is 111 cm³/mol. The topological polar surface area (TPSA) is 43.4 Å². The maximum atomic E-state index is 12.8. The van der Waals surface area contributed by atoms with E-state index in [0.29, 0.717) is 29.5 Å². The number of hydrogen-bond acceptors (Lipinski definition) is 3. The fourth-order valence-corrected chi connectivity index (χ4v) is 8.29. The number of carbonyl (C=O) groups excluding carboxylic acids is 2. The van der Waals surface area contributed by atoms with E-state index in [-0.39, 0.29) is 28.3 Å². The first-order valence-corrected chi connectivity index (χ1v) is 11.4. The molecule has 156 valence electrons. The van der Waals surface area contributed by atoms with Crippen LogP contribution in [0.2, 0.25) is 0 Å². The van der Waals surface area contributed by atoms with Gasteiger partial charge in [0.2, 0.25) is 0 Å². The number of fused-ring (bicyclic) bond motifs is 5. The first-order chi connectivity index (χ1) is 13.0. The number of ether oxygens (including phenoxy) is 1. The number of carbonyl (C=O) groups is 2. The van der Waals surface area contributed by atoms with Crippen molar-refractivity contribution in [3.8, 4) is 0 Å². The van der Waals surface area contributed by atoms with Gasteiger partial charge in [-0.15, -0.1) is 0 Å². The average molecular weight is 387 g/mol. The van der Waals surface area contributed by atoms with E-state index in [1.807, 2.05) is 6.92 Å². The minimum Gasteiger partial charge on any atom is -0.462 e. The van der Waals surface area contributed by atoms with Crippen LogP contribution < -0.4 is 0 Å². The van der Waals surface area contributed by atoms with Gasteiger partial charge in [-0.05, 0) is 80.0 Å². The molecule has 8 atom stereocenters. The van der Waals surface area contributed by atoms with Crippen LogP contribution >= 0.6 is 0 Å². The highest BCUT2D eigenvalue weighted by atomic mass is 16.5. The zero-order valence-electron chi connectivity index (χ0n) is 18.6. The molecule has 0 bridgehead atoms. The molecule has 3 fully saturated rings. The molecule has 0 saturated heterocycles. The Morgan fingerprint density at radius 3 is 2.43 bits per heavy atom. The highest BCUT2D eigenvalue weighted by Crippen LogP contribution is 2.71. The molecule has 0 heterocycles. The van der Waals surface area contributed by atoms with Gasteiger partial charge in [-0.2, -0.15) is 0 Å². The van der Waals surface area contributed by atoms with E-state index in [1.165, 1.54) is 31.8 Å². The molecule has 3 nitrogen and oxygen atoms in total. The van der Waals surface area contributed by atoms with Gasteiger partial charge in [-0.3, -0.25) is 9.59 Å². The van der Waals surface area contributed by atoms with Gasteiger partial charge >= 0.3 is 5.97 Å². The fraction of sp³-hybridized carbons (Fsp3) is 0.840. The lowest BCUT2D eigenvalue weighted by atomic mass is 9.45. The lowest BCUT2D eigenvalue weighted by Crippen LogP contribution is -2.53. The zero-order valence-corrected chi connectivity index (χ0v) is 18.6. The van der Waals surface area contributed by atoms with Gasteiger partial charge in [0.05, 0.1) is 0 Å². The van der Waals surface area contributed by atoms with Gasteiger partial charge in [-0.1, -0.05) is 39.3 Å². The lowest BCUT2D eigenvalue weighted by Gasteiger charge is -2.59. The standard InChI is InChI=1S/C25H38O3/c1-15-13-22-20-8-7-18-14-19(28-17(3)27)9-11-23(18,4)21(20)10-12-24(22,5)25(15,6)16(2)26/h7,15,19-22H,8-14H2,1-6H3/t15-,19-,20-,21+,22-,23-,24-,25-/m1/s1. The van der Waals surface area contributed by atoms with Gasteiger partial charge < -0.3 is 4.74 Å². The van der Waals surface area contributed by atoms with Crippen molar-refractivity contribution in [2.45, 2.75) is 92.6 Å².